The molecule has 0 unspecified atom stereocenters. The van der Waals surface area contributed by atoms with Gasteiger partial charge in [0, 0.05) is 23.4 Å². The Bertz CT molecular complexity index is 1040. The molecule has 130 valence electrons. The first kappa shape index (κ1) is 16.2. The third-order valence-corrected chi connectivity index (χ3v) is 3.95. The van der Waals surface area contributed by atoms with Gasteiger partial charge in [0.15, 0.2) is 17.3 Å². The number of halogens is 1. The van der Waals surface area contributed by atoms with Crippen molar-refractivity contribution in [2.45, 2.75) is 6.54 Å². The lowest BCUT2D eigenvalue weighted by atomic mass is 10.2. The number of aromatic nitrogens is 4. The van der Waals surface area contributed by atoms with Crippen LogP contribution in [0.5, 0.6) is 0 Å². The van der Waals surface area contributed by atoms with Crippen LogP contribution in [0, 0.1) is 0 Å². The average Bonchev–Trinajstić information content (AvgIpc) is 3.36. The normalized spacial score (nSPS) is 10.8. The molecule has 0 atom stereocenters. The van der Waals surface area contributed by atoms with Crippen LogP contribution in [-0.4, -0.2) is 25.9 Å². The van der Waals surface area contributed by atoms with Crippen LogP contribution in [0.1, 0.15) is 16.1 Å². The van der Waals surface area contributed by atoms with E-state index in [1.54, 1.807) is 41.4 Å². The van der Waals surface area contributed by atoms with Crippen LogP contribution in [0.4, 0.5) is 5.82 Å². The van der Waals surface area contributed by atoms with E-state index in [1.807, 2.05) is 24.3 Å². The van der Waals surface area contributed by atoms with Gasteiger partial charge in [-0.25, -0.2) is 0 Å². The third kappa shape index (κ3) is 3.52. The zero-order valence-electron chi connectivity index (χ0n) is 13.5. The Hall–Kier alpha value is -3.32. The number of amides is 1. The highest BCUT2D eigenvalue weighted by Gasteiger charge is 2.14. The first-order valence-corrected chi connectivity index (χ1v) is 8.24. The summed E-state index contributed by atoms with van der Waals surface area (Å²) in [5, 5.41) is 14.5. The molecule has 0 saturated carbocycles. The molecule has 1 aromatic carbocycles. The number of carbonyl (C=O) groups is 1. The monoisotopic (exact) mass is 367 g/mol. The number of hydrogen-bond donors (Lipinski definition) is 2. The molecule has 4 rings (SSSR count). The molecule has 3 aromatic heterocycles. The van der Waals surface area contributed by atoms with Crippen molar-refractivity contribution in [2.24, 2.45) is 0 Å². The van der Waals surface area contributed by atoms with Crippen LogP contribution < -0.4 is 5.32 Å². The maximum Gasteiger partial charge on any atom is 0.277 e. The van der Waals surface area contributed by atoms with Gasteiger partial charge in [-0.2, -0.15) is 10.2 Å². The minimum absolute atomic E-state index is 0.251. The molecule has 0 bridgehead atoms. The van der Waals surface area contributed by atoms with E-state index in [9.17, 15) is 4.79 Å². The largest absolute Gasteiger partial charge is 0.463 e. The number of carbonyl (C=O) groups excluding carboxylic acids is 1. The number of hydrogen-bond acceptors (Lipinski definition) is 4. The van der Waals surface area contributed by atoms with E-state index in [4.69, 9.17) is 16.0 Å². The summed E-state index contributed by atoms with van der Waals surface area (Å²) in [7, 11) is 0. The van der Waals surface area contributed by atoms with Gasteiger partial charge in [-0.15, -0.1) is 0 Å². The van der Waals surface area contributed by atoms with Gasteiger partial charge in [0.2, 0.25) is 0 Å². The maximum atomic E-state index is 12.3. The smallest absolute Gasteiger partial charge is 0.277 e. The lowest BCUT2D eigenvalue weighted by molar-refractivity contribution is 0.102. The first-order valence-electron chi connectivity index (χ1n) is 7.86. The lowest BCUT2D eigenvalue weighted by Gasteiger charge is -2.02. The molecule has 0 radical (unpaired) electrons. The predicted octanol–water partition coefficient (Wildman–Crippen LogP) is 3.82. The van der Waals surface area contributed by atoms with E-state index in [0.717, 1.165) is 5.56 Å². The summed E-state index contributed by atoms with van der Waals surface area (Å²) < 4.78 is 6.99. The number of anilines is 1. The highest BCUT2D eigenvalue weighted by atomic mass is 35.5. The number of nitrogens with one attached hydrogen (secondary N) is 2. The number of nitrogens with zero attached hydrogens (tertiary/aromatic N) is 3. The predicted molar refractivity (Wildman–Crippen MR) is 97.0 cm³/mol. The molecule has 2 N–H and O–H groups in total. The van der Waals surface area contributed by atoms with Gasteiger partial charge >= 0.3 is 0 Å². The molecule has 0 aliphatic heterocycles. The van der Waals surface area contributed by atoms with Gasteiger partial charge in [0.05, 0.1) is 12.8 Å². The summed E-state index contributed by atoms with van der Waals surface area (Å²) in [5.74, 6) is 0.703. The Morgan fingerprint density at radius 3 is 2.96 bits per heavy atom. The third-order valence-electron chi connectivity index (χ3n) is 3.71. The van der Waals surface area contributed by atoms with Crippen LogP contribution in [0.25, 0.3) is 11.5 Å². The van der Waals surface area contributed by atoms with Gasteiger partial charge < -0.3 is 9.73 Å². The second-order valence-corrected chi connectivity index (χ2v) is 6.06. The van der Waals surface area contributed by atoms with Crippen LogP contribution >= 0.6 is 11.6 Å². The quantitative estimate of drug-likeness (QED) is 0.561. The zero-order valence-corrected chi connectivity index (χ0v) is 14.3. The highest BCUT2D eigenvalue weighted by molar-refractivity contribution is 6.30. The number of H-pyrrole nitrogens is 1. The molecule has 0 spiro atoms. The van der Waals surface area contributed by atoms with Crippen LogP contribution in [0.3, 0.4) is 0 Å². The van der Waals surface area contributed by atoms with Gasteiger partial charge in [0.1, 0.15) is 5.69 Å². The number of aromatic amines is 1. The van der Waals surface area contributed by atoms with E-state index >= 15 is 0 Å². The maximum absolute atomic E-state index is 12.3. The zero-order chi connectivity index (χ0) is 17.9. The molecule has 4 aromatic rings. The van der Waals surface area contributed by atoms with Crippen molar-refractivity contribution in [1.29, 1.82) is 0 Å². The van der Waals surface area contributed by atoms with Crippen LogP contribution in [-0.2, 0) is 6.54 Å². The lowest BCUT2D eigenvalue weighted by Crippen LogP contribution is -2.13. The average molecular weight is 368 g/mol. The molecular formula is C18H14ClN5O2. The number of benzene rings is 1. The summed E-state index contributed by atoms with van der Waals surface area (Å²) in [6.07, 6.45) is 3.35. The topological polar surface area (TPSA) is 88.7 Å². The molecule has 0 fully saturated rings. The van der Waals surface area contributed by atoms with Crippen molar-refractivity contribution in [2.75, 3.05) is 5.32 Å². The first-order chi connectivity index (χ1) is 12.7. The summed E-state index contributed by atoms with van der Waals surface area (Å²) in [6.45, 7) is 0.557. The van der Waals surface area contributed by atoms with E-state index in [1.165, 1.54) is 0 Å². The molecule has 3 heterocycles. The highest BCUT2D eigenvalue weighted by Crippen LogP contribution is 2.18. The van der Waals surface area contributed by atoms with E-state index in [0.29, 0.717) is 28.8 Å². The summed E-state index contributed by atoms with van der Waals surface area (Å²) in [4.78, 5) is 12.3. The minimum Gasteiger partial charge on any atom is -0.463 e. The number of rotatable bonds is 5. The van der Waals surface area contributed by atoms with Crippen LogP contribution in [0.15, 0.2) is 65.4 Å². The minimum atomic E-state index is -0.355. The summed E-state index contributed by atoms with van der Waals surface area (Å²) >= 11 is 5.99. The second-order valence-electron chi connectivity index (χ2n) is 5.63. The van der Waals surface area contributed by atoms with Gasteiger partial charge in [0.25, 0.3) is 5.91 Å². The fraction of sp³-hybridized carbons (Fsp3) is 0.0556. The fourth-order valence-corrected chi connectivity index (χ4v) is 2.73. The van der Waals surface area contributed by atoms with E-state index < -0.39 is 0 Å². The fourth-order valence-electron chi connectivity index (χ4n) is 2.52. The Balaban J connectivity index is 1.43. The molecule has 0 saturated heterocycles. The molecular weight excluding hydrogens is 354 g/mol. The van der Waals surface area contributed by atoms with Crippen molar-refractivity contribution in [3.05, 3.63) is 77.3 Å². The Labute approximate surface area is 153 Å². The second kappa shape index (κ2) is 6.89. The molecule has 1 amide bonds. The van der Waals surface area contributed by atoms with Crippen molar-refractivity contribution < 1.29 is 9.21 Å². The van der Waals surface area contributed by atoms with Gasteiger partial charge in [-0.05, 0) is 29.8 Å². The Morgan fingerprint density at radius 1 is 1.23 bits per heavy atom. The summed E-state index contributed by atoms with van der Waals surface area (Å²) in [6, 6.07) is 14.4. The summed E-state index contributed by atoms with van der Waals surface area (Å²) in [5.41, 5.74) is 1.90. The van der Waals surface area contributed by atoms with Gasteiger partial charge in [-0.3, -0.25) is 14.6 Å². The van der Waals surface area contributed by atoms with Crippen molar-refractivity contribution in [1.82, 2.24) is 20.0 Å². The SMILES string of the molecule is O=C(Nc1ccn(Cc2cccc(Cl)c2)n1)c1cc(-c2ccco2)[nH]n1. The van der Waals surface area contributed by atoms with Crippen molar-refractivity contribution in [3.63, 3.8) is 0 Å². The molecule has 0 aliphatic rings. The van der Waals surface area contributed by atoms with Gasteiger partial charge in [-0.1, -0.05) is 23.7 Å². The number of furan rings is 1. The van der Waals surface area contributed by atoms with E-state index in [2.05, 4.69) is 20.6 Å². The molecule has 8 heteroatoms. The van der Waals surface area contributed by atoms with Crippen molar-refractivity contribution >= 4 is 23.3 Å². The molecule has 7 nitrogen and oxygen atoms in total. The Kier molecular flexibility index (Phi) is 4.28. The Morgan fingerprint density at radius 2 is 2.15 bits per heavy atom. The van der Waals surface area contributed by atoms with Crippen LogP contribution in [0.2, 0.25) is 5.02 Å². The standard InChI is InChI=1S/C18H14ClN5O2/c19-13-4-1-3-12(9-13)11-24-7-6-17(23-24)20-18(25)15-10-14(21-22-15)16-5-2-8-26-16/h1-10H,11H2,(H,21,22)(H,20,23,25). The molecule has 26 heavy (non-hydrogen) atoms. The van der Waals surface area contributed by atoms with Crippen molar-refractivity contribution in [3.8, 4) is 11.5 Å². The van der Waals surface area contributed by atoms with E-state index in [-0.39, 0.29) is 11.6 Å². The molecule has 0 aliphatic carbocycles.